The topological polar surface area (TPSA) is 67.4 Å². The summed E-state index contributed by atoms with van der Waals surface area (Å²) in [5.74, 6) is -0.993. The zero-order chi connectivity index (χ0) is 22.1. The smallest absolute Gasteiger partial charge is 0.370 e. The largest absolute Gasteiger partial charge is 0.411 e. The summed E-state index contributed by atoms with van der Waals surface area (Å²) in [6.45, 7) is -0.183. The van der Waals surface area contributed by atoms with Crippen molar-refractivity contribution in [3.05, 3.63) is 70.7 Å². The zero-order valence-corrected chi connectivity index (χ0v) is 17.0. The summed E-state index contributed by atoms with van der Waals surface area (Å²) < 4.78 is 41.2. The molecule has 0 saturated carbocycles. The first-order valence-electron chi connectivity index (χ1n) is 9.19. The van der Waals surface area contributed by atoms with Crippen molar-refractivity contribution in [2.45, 2.75) is 31.6 Å². The molecule has 0 saturated heterocycles. The van der Waals surface area contributed by atoms with Crippen LogP contribution in [0, 0.1) is 0 Å². The lowest BCUT2D eigenvalue weighted by Crippen LogP contribution is -2.51. The molecule has 2 N–H and O–H groups in total. The molecule has 0 aliphatic carbocycles. The second kappa shape index (κ2) is 11.0. The van der Waals surface area contributed by atoms with Gasteiger partial charge >= 0.3 is 6.18 Å². The lowest BCUT2D eigenvalue weighted by molar-refractivity contribution is -0.175. The van der Waals surface area contributed by atoms with Gasteiger partial charge in [0, 0.05) is 23.0 Å². The molecule has 0 aliphatic rings. The Labute approximate surface area is 177 Å². The number of carbonyl (C=O) groups excluding carboxylic acids is 2. The van der Waals surface area contributed by atoms with Crippen LogP contribution in [0.3, 0.4) is 0 Å². The summed E-state index contributed by atoms with van der Waals surface area (Å²) in [5, 5.41) is 5.73. The van der Waals surface area contributed by atoms with Crippen molar-refractivity contribution in [2.24, 2.45) is 0 Å². The van der Waals surface area contributed by atoms with Crippen LogP contribution < -0.4 is 10.6 Å². The van der Waals surface area contributed by atoms with Gasteiger partial charge in [0.1, 0.15) is 12.6 Å². The zero-order valence-electron chi connectivity index (χ0n) is 16.2. The molecule has 0 radical (unpaired) electrons. The average molecular weight is 443 g/mol. The summed E-state index contributed by atoms with van der Waals surface area (Å²) in [6, 6.07) is 13.6. The molecule has 0 bridgehead atoms. The number of alkyl halides is 3. The highest BCUT2D eigenvalue weighted by atomic mass is 35.5. The highest BCUT2D eigenvalue weighted by Gasteiger charge is 2.28. The van der Waals surface area contributed by atoms with Gasteiger partial charge in [-0.1, -0.05) is 41.9 Å². The van der Waals surface area contributed by atoms with Crippen molar-refractivity contribution in [3.63, 3.8) is 0 Å². The van der Waals surface area contributed by atoms with E-state index in [0.29, 0.717) is 10.6 Å². The van der Waals surface area contributed by atoms with Gasteiger partial charge in [-0.15, -0.1) is 0 Å². The molecule has 0 aromatic heterocycles. The van der Waals surface area contributed by atoms with Gasteiger partial charge in [0.05, 0.1) is 6.61 Å². The predicted molar refractivity (Wildman–Crippen MR) is 107 cm³/mol. The molecule has 2 unspecified atom stereocenters. The molecule has 9 heteroatoms. The summed E-state index contributed by atoms with van der Waals surface area (Å²) in [5.41, 5.74) is 1.14. The van der Waals surface area contributed by atoms with Crippen LogP contribution in [0.2, 0.25) is 5.02 Å². The minimum absolute atomic E-state index is 0.210. The van der Waals surface area contributed by atoms with Crippen molar-refractivity contribution in [3.8, 4) is 0 Å². The third-order valence-electron chi connectivity index (χ3n) is 4.03. The van der Waals surface area contributed by atoms with Crippen molar-refractivity contribution in [1.29, 1.82) is 0 Å². The Morgan fingerprint density at radius 3 is 2.27 bits per heavy atom. The Kier molecular flexibility index (Phi) is 8.68. The van der Waals surface area contributed by atoms with Crippen molar-refractivity contribution in [2.75, 3.05) is 13.2 Å². The molecule has 0 spiro atoms. The summed E-state index contributed by atoms with van der Waals surface area (Å²) in [4.78, 5) is 25.3. The number of ether oxygens (including phenoxy) is 1. The fourth-order valence-electron chi connectivity index (χ4n) is 2.64. The van der Waals surface area contributed by atoms with Crippen LogP contribution in [-0.2, 0) is 16.0 Å². The van der Waals surface area contributed by atoms with Crippen molar-refractivity contribution < 1.29 is 27.5 Å². The van der Waals surface area contributed by atoms with E-state index in [4.69, 9.17) is 11.6 Å². The monoisotopic (exact) mass is 442 g/mol. The molecule has 2 amide bonds. The minimum Gasteiger partial charge on any atom is -0.370 e. The van der Waals surface area contributed by atoms with Gasteiger partial charge in [-0.3, -0.25) is 9.59 Å². The fraction of sp³-hybridized carbons (Fsp3) is 0.333. The SMILES string of the molecule is CC(COCC(F)(F)F)NC(=O)C(Cc1ccccc1)NC(=O)c1ccc(Cl)cc1. The first kappa shape index (κ1) is 23.7. The van der Waals surface area contributed by atoms with E-state index in [9.17, 15) is 22.8 Å². The van der Waals surface area contributed by atoms with Crippen molar-refractivity contribution in [1.82, 2.24) is 10.6 Å². The maximum atomic E-state index is 12.7. The van der Waals surface area contributed by atoms with E-state index < -0.39 is 36.7 Å². The number of amides is 2. The average Bonchev–Trinajstić information content (AvgIpc) is 2.67. The van der Waals surface area contributed by atoms with E-state index in [1.807, 2.05) is 18.2 Å². The Morgan fingerprint density at radius 1 is 1.03 bits per heavy atom. The Morgan fingerprint density at radius 2 is 1.67 bits per heavy atom. The lowest BCUT2D eigenvalue weighted by atomic mass is 10.0. The standard InChI is InChI=1S/C21H22ClF3N2O3/c1-14(12-30-13-21(23,24)25)26-20(29)18(11-15-5-3-2-4-6-15)27-19(28)16-7-9-17(22)10-8-16/h2-10,14,18H,11-13H2,1H3,(H,26,29)(H,27,28). The van der Waals surface area contributed by atoms with Crippen LogP contribution >= 0.6 is 11.6 Å². The summed E-state index contributed by atoms with van der Waals surface area (Å²) in [6.07, 6.45) is -4.23. The number of halogens is 4. The second-order valence-electron chi connectivity index (χ2n) is 6.76. The van der Waals surface area contributed by atoms with Crippen molar-refractivity contribution >= 4 is 23.4 Å². The van der Waals surface area contributed by atoms with Gasteiger partial charge in [-0.05, 0) is 36.8 Å². The molecular formula is C21H22ClF3N2O3. The van der Waals surface area contributed by atoms with Gasteiger partial charge in [0.2, 0.25) is 5.91 Å². The van der Waals surface area contributed by atoms with E-state index in [2.05, 4.69) is 15.4 Å². The summed E-state index contributed by atoms with van der Waals surface area (Å²) >= 11 is 5.83. The van der Waals surface area contributed by atoms with Crippen LogP contribution in [-0.4, -0.2) is 43.3 Å². The van der Waals surface area contributed by atoms with Crippen LogP contribution in [0.5, 0.6) is 0 Å². The number of hydrogen-bond acceptors (Lipinski definition) is 3. The molecule has 0 heterocycles. The molecule has 2 atom stereocenters. The third-order valence-corrected chi connectivity index (χ3v) is 4.29. The summed E-state index contributed by atoms with van der Waals surface area (Å²) in [7, 11) is 0. The molecule has 0 fully saturated rings. The van der Waals surface area contributed by atoms with E-state index >= 15 is 0 Å². The quantitative estimate of drug-likeness (QED) is 0.621. The Balaban J connectivity index is 2.03. The van der Waals surface area contributed by atoms with Crippen LogP contribution in [0.25, 0.3) is 0 Å². The van der Waals surface area contributed by atoms with E-state index in [0.717, 1.165) is 5.56 Å². The van der Waals surface area contributed by atoms with Gasteiger partial charge < -0.3 is 15.4 Å². The lowest BCUT2D eigenvalue weighted by Gasteiger charge is -2.22. The molecule has 2 aromatic rings. The third kappa shape index (κ3) is 8.42. The van der Waals surface area contributed by atoms with Crippen LogP contribution in [0.4, 0.5) is 13.2 Å². The maximum absolute atomic E-state index is 12.7. The van der Waals surface area contributed by atoms with Crippen LogP contribution in [0.1, 0.15) is 22.8 Å². The van der Waals surface area contributed by atoms with Gasteiger partial charge in [-0.25, -0.2) is 0 Å². The highest BCUT2D eigenvalue weighted by molar-refractivity contribution is 6.30. The molecule has 2 aromatic carbocycles. The molecule has 162 valence electrons. The fourth-order valence-corrected chi connectivity index (χ4v) is 2.76. The van der Waals surface area contributed by atoms with Gasteiger partial charge in [-0.2, -0.15) is 13.2 Å². The Bertz CT molecular complexity index is 830. The molecule has 0 aliphatic heterocycles. The second-order valence-corrected chi connectivity index (χ2v) is 7.20. The van der Waals surface area contributed by atoms with Crippen LogP contribution in [0.15, 0.2) is 54.6 Å². The maximum Gasteiger partial charge on any atom is 0.411 e. The number of rotatable bonds is 9. The number of carbonyl (C=O) groups is 2. The minimum atomic E-state index is -4.44. The number of hydrogen-bond donors (Lipinski definition) is 2. The first-order valence-corrected chi connectivity index (χ1v) is 9.57. The van der Waals surface area contributed by atoms with Gasteiger partial charge in [0.25, 0.3) is 5.91 Å². The first-order chi connectivity index (χ1) is 14.1. The molecular weight excluding hydrogens is 421 g/mol. The molecule has 5 nitrogen and oxygen atoms in total. The van der Waals surface area contributed by atoms with Gasteiger partial charge in [0.15, 0.2) is 0 Å². The molecule has 30 heavy (non-hydrogen) atoms. The van der Waals surface area contributed by atoms with E-state index in [1.165, 1.54) is 19.1 Å². The normalized spacial score (nSPS) is 13.4. The van der Waals surface area contributed by atoms with E-state index in [1.54, 1.807) is 24.3 Å². The molecule has 2 rings (SSSR count). The highest BCUT2D eigenvalue weighted by Crippen LogP contribution is 2.14. The predicted octanol–water partition coefficient (Wildman–Crippen LogP) is 3.76. The Hall–Kier alpha value is -2.58. The number of benzene rings is 2. The number of nitrogens with one attached hydrogen (secondary N) is 2. The van der Waals surface area contributed by atoms with E-state index in [-0.39, 0.29) is 13.0 Å².